The van der Waals surface area contributed by atoms with Crippen LogP contribution in [-0.2, 0) is 9.59 Å². The number of primary amides is 1. The van der Waals surface area contributed by atoms with Gasteiger partial charge in [0.2, 0.25) is 5.91 Å². The second-order valence-electron chi connectivity index (χ2n) is 4.45. The summed E-state index contributed by atoms with van der Waals surface area (Å²) in [5, 5.41) is 13.9. The van der Waals surface area contributed by atoms with Gasteiger partial charge in [-0.25, -0.2) is 9.59 Å². The maximum absolute atomic E-state index is 11.8. The number of amides is 3. The highest BCUT2D eigenvalue weighted by molar-refractivity contribution is 9.10. The number of hydrogen-bond acceptors (Lipinski definition) is 3. The van der Waals surface area contributed by atoms with E-state index in [2.05, 4.69) is 26.6 Å². The molecule has 5 N–H and O–H groups in total. The number of halogens is 1. The van der Waals surface area contributed by atoms with Gasteiger partial charge in [0.25, 0.3) is 0 Å². The van der Waals surface area contributed by atoms with Crippen molar-refractivity contribution in [2.24, 2.45) is 5.73 Å². The molecule has 0 spiro atoms. The van der Waals surface area contributed by atoms with Crippen LogP contribution >= 0.6 is 15.9 Å². The largest absolute Gasteiger partial charge is 0.480 e. The quantitative estimate of drug-likeness (QED) is 0.617. The number of aliphatic carboxylic acids is 1. The number of carboxylic acids is 1. The van der Waals surface area contributed by atoms with Gasteiger partial charge in [0.05, 0.1) is 0 Å². The number of anilines is 1. The SMILES string of the molecule is Cc1ccc(Br)cc1NC(=O)N[C@H](CCC(N)=O)C(=O)O. The molecule has 0 saturated carbocycles. The Morgan fingerprint density at radius 1 is 1.38 bits per heavy atom. The van der Waals surface area contributed by atoms with E-state index in [0.29, 0.717) is 5.69 Å². The Morgan fingerprint density at radius 2 is 2.05 bits per heavy atom. The molecule has 0 aliphatic heterocycles. The van der Waals surface area contributed by atoms with Crippen molar-refractivity contribution >= 4 is 39.5 Å². The van der Waals surface area contributed by atoms with Crippen LogP contribution in [0, 0.1) is 6.92 Å². The van der Waals surface area contributed by atoms with Crippen molar-refractivity contribution in [1.82, 2.24) is 5.32 Å². The van der Waals surface area contributed by atoms with E-state index in [1.807, 2.05) is 19.1 Å². The molecular weight excluding hydrogens is 342 g/mol. The zero-order valence-corrected chi connectivity index (χ0v) is 12.9. The van der Waals surface area contributed by atoms with Gasteiger partial charge in [0, 0.05) is 16.6 Å². The Hall–Kier alpha value is -2.09. The highest BCUT2D eigenvalue weighted by atomic mass is 79.9. The average molecular weight is 358 g/mol. The van der Waals surface area contributed by atoms with Gasteiger partial charge in [-0.1, -0.05) is 22.0 Å². The third-order valence-corrected chi connectivity index (χ3v) is 3.22. The van der Waals surface area contributed by atoms with Crippen LogP contribution in [0.15, 0.2) is 22.7 Å². The molecule has 1 rings (SSSR count). The fraction of sp³-hybridized carbons (Fsp3) is 0.308. The molecule has 1 aromatic carbocycles. The molecule has 8 heteroatoms. The first-order valence-electron chi connectivity index (χ1n) is 6.14. The zero-order chi connectivity index (χ0) is 16.0. The zero-order valence-electron chi connectivity index (χ0n) is 11.4. The Morgan fingerprint density at radius 3 is 2.62 bits per heavy atom. The number of hydrogen-bond donors (Lipinski definition) is 4. The van der Waals surface area contributed by atoms with Crippen LogP contribution in [0.3, 0.4) is 0 Å². The molecule has 1 aromatic rings. The lowest BCUT2D eigenvalue weighted by atomic mass is 10.1. The summed E-state index contributed by atoms with van der Waals surface area (Å²) in [7, 11) is 0. The second-order valence-corrected chi connectivity index (χ2v) is 5.37. The number of carbonyl (C=O) groups excluding carboxylic acids is 2. The molecule has 0 aliphatic carbocycles. The highest BCUT2D eigenvalue weighted by Gasteiger charge is 2.20. The molecule has 0 radical (unpaired) electrons. The van der Waals surface area contributed by atoms with Gasteiger partial charge in [-0.05, 0) is 31.0 Å². The number of carbonyl (C=O) groups is 3. The number of urea groups is 1. The normalized spacial score (nSPS) is 11.5. The molecule has 0 aliphatic rings. The fourth-order valence-electron chi connectivity index (χ4n) is 1.59. The van der Waals surface area contributed by atoms with Crippen molar-refractivity contribution in [2.75, 3.05) is 5.32 Å². The van der Waals surface area contributed by atoms with Gasteiger partial charge in [0.1, 0.15) is 6.04 Å². The minimum atomic E-state index is -1.22. The van der Waals surface area contributed by atoms with E-state index in [9.17, 15) is 14.4 Å². The minimum Gasteiger partial charge on any atom is -0.480 e. The Kier molecular flexibility index (Phi) is 6.16. The fourth-order valence-corrected chi connectivity index (χ4v) is 1.95. The summed E-state index contributed by atoms with van der Waals surface area (Å²) in [4.78, 5) is 33.5. The third-order valence-electron chi connectivity index (χ3n) is 2.73. The molecule has 3 amide bonds. The van der Waals surface area contributed by atoms with Gasteiger partial charge < -0.3 is 21.5 Å². The highest BCUT2D eigenvalue weighted by Crippen LogP contribution is 2.20. The first-order chi connectivity index (χ1) is 9.79. The van der Waals surface area contributed by atoms with Gasteiger partial charge in [0.15, 0.2) is 0 Å². The van der Waals surface area contributed by atoms with Crippen LogP contribution in [-0.4, -0.2) is 29.1 Å². The van der Waals surface area contributed by atoms with E-state index in [1.54, 1.807) is 6.07 Å². The molecule has 0 aromatic heterocycles. The topological polar surface area (TPSA) is 122 Å². The van der Waals surface area contributed by atoms with Crippen molar-refractivity contribution < 1.29 is 19.5 Å². The molecular formula is C13H16BrN3O4. The maximum atomic E-state index is 11.8. The van der Waals surface area contributed by atoms with Crippen LogP contribution in [0.1, 0.15) is 18.4 Å². The van der Waals surface area contributed by atoms with E-state index in [0.717, 1.165) is 10.0 Å². The lowest BCUT2D eigenvalue weighted by Crippen LogP contribution is -2.43. The van der Waals surface area contributed by atoms with Crippen molar-refractivity contribution in [3.05, 3.63) is 28.2 Å². The van der Waals surface area contributed by atoms with Gasteiger partial charge in [-0.15, -0.1) is 0 Å². The summed E-state index contributed by atoms with van der Waals surface area (Å²) < 4.78 is 0.784. The van der Waals surface area contributed by atoms with Crippen molar-refractivity contribution in [3.63, 3.8) is 0 Å². The van der Waals surface area contributed by atoms with E-state index in [4.69, 9.17) is 10.8 Å². The van der Waals surface area contributed by atoms with Crippen molar-refractivity contribution in [2.45, 2.75) is 25.8 Å². The number of nitrogens with one attached hydrogen (secondary N) is 2. The van der Waals surface area contributed by atoms with Gasteiger partial charge in [-0.2, -0.15) is 0 Å². The first kappa shape index (κ1) is 17.0. The van der Waals surface area contributed by atoms with Crippen LogP contribution in [0.5, 0.6) is 0 Å². The lowest BCUT2D eigenvalue weighted by molar-refractivity contribution is -0.139. The first-order valence-corrected chi connectivity index (χ1v) is 6.93. The lowest BCUT2D eigenvalue weighted by Gasteiger charge is -2.15. The molecule has 114 valence electrons. The molecule has 0 saturated heterocycles. The Labute approximate surface area is 130 Å². The van der Waals surface area contributed by atoms with Crippen molar-refractivity contribution in [3.8, 4) is 0 Å². The molecule has 0 bridgehead atoms. The Balaban J connectivity index is 2.67. The van der Waals surface area contributed by atoms with Gasteiger partial charge in [-0.3, -0.25) is 4.79 Å². The summed E-state index contributed by atoms with van der Waals surface area (Å²) in [5.41, 5.74) is 6.35. The average Bonchev–Trinajstić information content (AvgIpc) is 2.38. The predicted molar refractivity (Wildman–Crippen MR) is 80.9 cm³/mol. The van der Waals surface area contributed by atoms with E-state index in [-0.39, 0.29) is 12.8 Å². The van der Waals surface area contributed by atoms with Crippen LogP contribution in [0.2, 0.25) is 0 Å². The van der Waals surface area contributed by atoms with Crippen LogP contribution in [0.4, 0.5) is 10.5 Å². The molecule has 0 unspecified atom stereocenters. The summed E-state index contributed by atoms with van der Waals surface area (Å²) >= 11 is 3.28. The monoisotopic (exact) mass is 357 g/mol. The number of benzene rings is 1. The number of aryl methyl sites for hydroxylation is 1. The van der Waals surface area contributed by atoms with Crippen molar-refractivity contribution in [1.29, 1.82) is 0 Å². The number of carboxylic acid groups (broad SMARTS) is 1. The van der Waals surface area contributed by atoms with E-state index >= 15 is 0 Å². The summed E-state index contributed by atoms with van der Waals surface area (Å²) in [6.45, 7) is 1.81. The Bertz CT molecular complexity index is 562. The van der Waals surface area contributed by atoms with Gasteiger partial charge >= 0.3 is 12.0 Å². The molecule has 0 heterocycles. The smallest absolute Gasteiger partial charge is 0.326 e. The summed E-state index contributed by atoms with van der Waals surface area (Å²) in [6, 6.07) is 3.50. The maximum Gasteiger partial charge on any atom is 0.326 e. The summed E-state index contributed by atoms with van der Waals surface area (Å²) in [5.74, 6) is -1.84. The van der Waals surface area contributed by atoms with E-state index in [1.165, 1.54) is 0 Å². The van der Waals surface area contributed by atoms with E-state index < -0.39 is 23.9 Å². The predicted octanol–water partition coefficient (Wildman–Crippen LogP) is 1.60. The van der Waals surface area contributed by atoms with Crippen LogP contribution in [0.25, 0.3) is 0 Å². The second kappa shape index (κ2) is 7.63. The minimum absolute atomic E-state index is 0.0600. The standard InChI is InChI=1S/C13H16BrN3O4/c1-7-2-3-8(14)6-10(7)17-13(21)16-9(12(19)20)4-5-11(15)18/h2-3,6,9H,4-5H2,1H3,(H2,15,18)(H,19,20)(H2,16,17,21)/t9-/m1/s1. The summed E-state index contributed by atoms with van der Waals surface area (Å²) in [6.07, 6.45) is -0.178. The molecule has 1 atom stereocenters. The molecule has 21 heavy (non-hydrogen) atoms. The van der Waals surface area contributed by atoms with Crippen LogP contribution < -0.4 is 16.4 Å². The molecule has 0 fully saturated rings. The number of rotatable bonds is 6. The third kappa shape index (κ3) is 5.82. The molecule has 7 nitrogen and oxygen atoms in total. The number of nitrogens with two attached hydrogens (primary N) is 1.